The summed E-state index contributed by atoms with van der Waals surface area (Å²) >= 11 is 0. The van der Waals surface area contributed by atoms with Gasteiger partial charge in [-0.25, -0.2) is 0 Å². The lowest BCUT2D eigenvalue weighted by Gasteiger charge is -2.22. The fourth-order valence-electron chi connectivity index (χ4n) is 3.25. The van der Waals surface area contributed by atoms with Gasteiger partial charge in [0.2, 0.25) is 0 Å². The van der Waals surface area contributed by atoms with Crippen molar-refractivity contribution in [1.82, 2.24) is 0 Å². The summed E-state index contributed by atoms with van der Waals surface area (Å²) in [5, 5.41) is 0. The van der Waals surface area contributed by atoms with Crippen molar-refractivity contribution in [2.24, 2.45) is 11.8 Å². The van der Waals surface area contributed by atoms with Crippen LogP contribution >= 0.6 is 0 Å². The van der Waals surface area contributed by atoms with E-state index in [9.17, 15) is 0 Å². The van der Waals surface area contributed by atoms with Gasteiger partial charge in [0.05, 0.1) is 13.2 Å². The van der Waals surface area contributed by atoms with Crippen molar-refractivity contribution >= 4 is 0 Å². The zero-order chi connectivity index (χ0) is 8.89. The third-order valence-electron chi connectivity index (χ3n) is 3.73. The Morgan fingerprint density at radius 1 is 1.08 bits per heavy atom. The van der Waals surface area contributed by atoms with Crippen molar-refractivity contribution < 1.29 is 9.47 Å². The van der Waals surface area contributed by atoms with E-state index in [1.807, 2.05) is 0 Å². The lowest BCUT2D eigenvalue weighted by molar-refractivity contribution is -0.154. The minimum atomic E-state index is -0.171. The molecular formula is C11H16O2. The Kier molecular flexibility index (Phi) is 1.59. The van der Waals surface area contributed by atoms with Crippen molar-refractivity contribution in [2.45, 2.75) is 31.5 Å². The Balaban J connectivity index is 1.77. The minimum absolute atomic E-state index is 0.171. The van der Waals surface area contributed by atoms with E-state index in [-0.39, 0.29) is 5.79 Å². The van der Waals surface area contributed by atoms with Crippen LogP contribution in [0.1, 0.15) is 25.7 Å². The Labute approximate surface area is 78.9 Å². The predicted octanol–water partition coefficient (Wildman–Crippen LogP) is 2.11. The first-order valence-electron chi connectivity index (χ1n) is 5.22. The Morgan fingerprint density at radius 3 is 2.15 bits per heavy atom. The molecule has 13 heavy (non-hydrogen) atoms. The molecule has 1 aliphatic heterocycles. The molecule has 0 unspecified atom stereocenters. The summed E-state index contributed by atoms with van der Waals surface area (Å²) in [6.07, 6.45) is 4.63. The van der Waals surface area contributed by atoms with Gasteiger partial charge in [-0.3, -0.25) is 0 Å². The molecule has 1 saturated heterocycles. The second-order valence-corrected chi connectivity index (χ2v) is 4.69. The van der Waals surface area contributed by atoms with E-state index in [4.69, 9.17) is 9.47 Å². The molecule has 3 fully saturated rings. The van der Waals surface area contributed by atoms with Gasteiger partial charge in [0.25, 0.3) is 0 Å². The average Bonchev–Trinajstić information content (AvgIpc) is 2.67. The Morgan fingerprint density at radius 2 is 1.62 bits per heavy atom. The van der Waals surface area contributed by atoms with Gasteiger partial charge in [0, 0.05) is 12.8 Å². The van der Waals surface area contributed by atoms with Crippen LogP contribution < -0.4 is 0 Å². The van der Waals surface area contributed by atoms with Crippen LogP contribution in [0, 0.1) is 11.8 Å². The highest BCUT2D eigenvalue weighted by Gasteiger charge is 2.51. The molecule has 0 aromatic rings. The first-order valence-corrected chi connectivity index (χ1v) is 5.22. The first-order chi connectivity index (χ1) is 6.27. The van der Waals surface area contributed by atoms with Gasteiger partial charge in [-0.1, -0.05) is 12.2 Å². The Hall–Kier alpha value is -0.340. The summed E-state index contributed by atoms with van der Waals surface area (Å²) in [5.74, 6) is 1.42. The fraction of sp³-hybridized carbons (Fsp3) is 0.818. The van der Waals surface area contributed by atoms with Crippen molar-refractivity contribution in [3.05, 3.63) is 12.2 Å². The van der Waals surface area contributed by atoms with Crippen LogP contribution in [0.4, 0.5) is 0 Å². The molecule has 72 valence electrons. The van der Waals surface area contributed by atoms with Gasteiger partial charge in [-0.2, -0.15) is 0 Å². The van der Waals surface area contributed by atoms with E-state index < -0.39 is 0 Å². The number of hydrogen-bond donors (Lipinski definition) is 0. The molecule has 2 aliphatic carbocycles. The quantitative estimate of drug-likeness (QED) is 0.531. The third-order valence-corrected chi connectivity index (χ3v) is 3.73. The highest BCUT2D eigenvalue weighted by Crippen LogP contribution is 2.52. The van der Waals surface area contributed by atoms with Gasteiger partial charge in [-0.15, -0.1) is 0 Å². The van der Waals surface area contributed by atoms with Crippen molar-refractivity contribution in [3.63, 3.8) is 0 Å². The van der Waals surface area contributed by atoms with E-state index in [2.05, 4.69) is 6.58 Å². The number of allylic oxidation sites excluding steroid dienone is 1. The SMILES string of the molecule is C=C1C[C@@H]2CC3(C[C@@H]2C1)OCCO3. The maximum Gasteiger partial charge on any atom is 0.169 e. The molecular weight excluding hydrogens is 164 g/mol. The molecule has 1 heterocycles. The summed E-state index contributed by atoms with van der Waals surface area (Å²) in [5.41, 5.74) is 1.43. The van der Waals surface area contributed by atoms with Gasteiger partial charge >= 0.3 is 0 Å². The number of fused-ring (bicyclic) bond motifs is 1. The van der Waals surface area contributed by atoms with E-state index in [0.717, 1.165) is 37.9 Å². The van der Waals surface area contributed by atoms with Crippen LogP contribution in [-0.2, 0) is 9.47 Å². The predicted molar refractivity (Wildman–Crippen MR) is 49.2 cm³/mol. The van der Waals surface area contributed by atoms with E-state index in [1.165, 1.54) is 18.4 Å². The molecule has 0 radical (unpaired) electrons. The molecule has 2 atom stereocenters. The number of hydrogen-bond acceptors (Lipinski definition) is 2. The second-order valence-electron chi connectivity index (χ2n) is 4.69. The maximum atomic E-state index is 5.72. The monoisotopic (exact) mass is 180 g/mol. The smallest absolute Gasteiger partial charge is 0.169 e. The van der Waals surface area contributed by atoms with E-state index in [0.29, 0.717) is 0 Å². The zero-order valence-electron chi connectivity index (χ0n) is 7.92. The van der Waals surface area contributed by atoms with Crippen LogP contribution in [-0.4, -0.2) is 19.0 Å². The standard InChI is InChI=1S/C11H16O2/c1-8-4-9-6-11(7-10(9)5-8)12-2-3-13-11/h9-10H,1-7H2/t9-,10+. The molecule has 0 N–H and O–H groups in total. The molecule has 0 aromatic heterocycles. The summed E-state index contributed by atoms with van der Waals surface area (Å²) < 4.78 is 11.4. The van der Waals surface area contributed by atoms with Crippen LogP contribution in [0.5, 0.6) is 0 Å². The van der Waals surface area contributed by atoms with Crippen LogP contribution in [0.3, 0.4) is 0 Å². The summed E-state index contributed by atoms with van der Waals surface area (Å²) in [6, 6.07) is 0. The van der Waals surface area contributed by atoms with Crippen LogP contribution in [0.2, 0.25) is 0 Å². The summed E-state index contributed by atoms with van der Waals surface area (Å²) in [4.78, 5) is 0. The molecule has 2 saturated carbocycles. The van der Waals surface area contributed by atoms with Crippen molar-refractivity contribution in [2.75, 3.05) is 13.2 Å². The number of ether oxygens (including phenoxy) is 2. The lowest BCUT2D eigenvalue weighted by atomic mass is 10.0. The van der Waals surface area contributed by atoms with Crippen molar-refractivity contribution in [1.29, 1.82) is 0 Å². The summed E-state index contributed by atoms with van der Waals surface area (Å²) in [6.45, 7) is 5.65. The molecule has 0 aromatic carbocycles. The topological polar surface area (TPSA) is 18.5 Å². The van der Waals surface area contributed by atoms with E-state index in [1.54, 1.807) is 0 Å². The largest absolute Gasteiger partial charge is 0.348 e. The van der Waals surface area contributed by atoms with Gasteiger partial charge in [0.1, 0.15) is 0 Å². The maximum absolute atomic E-state index is 5.72. The highest BCUT2D eigenvalue weighted by atomic mass is 16.7. The summed E-state index contributed by atoms with van der Waals surface area (Å²) in [7, 11) is 0. The van der Waals surface area contributed by atoms with E-state index >= 15 is 0 Å². The minimum Gasteiger partial charge on any atom is -0.348 e. The third kappa shape index (κ3) is 1.16. The van der Waals surface area contributed by atoms with Gasteiger partial charge in [0.15, 0.2) is 5.79 Å². The molecule has 0 amide bonds. The van der Waals surface area contributed by atoms with Crippen LogP contribution in [0.25, 0.3) is 0 Å². The normalized spacial score (nSPS) is 41.7. The van der Waals surface area contributed by atoms with Crippen LogP contribution in [0.15, 0.2) is 12.2 Å². The molecule has 2 heteroatoms. The lowest BCUT2D eigenvalue weighted by Crippen LogP contribution is -2.26. The molecule has 3 aliphatic rings. The van der Waals surface area contributed by atoms with Gasteiger partial charge < -0.3 is 9.47 Å². The second kappa shape index (κ2) is 2.58. The molecule has 0 bridgehead atoms. The van der Waals surface area contributed by atoms with Gasteiger partial charge in [-0.05, 0) is 24.7 Å². The molecule has 1 spiro atoms. The van der Waals surface area contributed by atoms with Crippen molar-refractivity contribution in [3.8, 4) is 0 Å². The average molecular weight is 180 g/mol. The molecule has 3 rings (SSSR count). The highest BCUT2D eigenvalue weighted by molar-refractivity contribution is 5.11. The molecule has 2 nitrogen and oxygen atoms in total. The first kappa shape index (κ1) is 8.01. The zero-order valence-corrected chi connectivity index (χ0v) is 7.92. The Bertz CT molecular complexity index is 222. The number of rotatable bonds is 0. The fourth-order valence-corrected chi connectivity index (χ4v) is 3.25.